The molecule has 0 spiro atoms. The van der Waals surface area contributed by atoms with E-state index in [2.05, 4.69) is 16.9 Å². The fourth-order valence-corrected chi connectivity index (χ4v) is 3.15. The zero-order valence-corrected chi connectivity index (χ0v) is 10.5. The maximum atomic E-state index is 5.99. The minimum atomic E-state index is 0.426. The van der Waals surface area contributed by atoms with Crippen LogP contribution in [0.5, 0.6) is 0 Å². The van der Waals surface area contributed by atoms with Gasteiger partial charge in [-0.15, -0.1) is 0 Å². The van der Waals surface area contributed by atoms with Gasteiger partial charge in [-0.05, 0) is 44.1 Å². The van der Waals surface area contributed by atoms with Crippen molar-refractivity contribution < 1.29 is 0 Å². The van der Waals surface area contributed by atoms with Gasteiger partial charge in [-0.2, -0.15) is 5.10 Å². The highest BCUT2D eigenvalue weighted by Gasteiger charge is 2.28. The van der Waals surface area contributed by atoms with Crippen molar-refractivity contribution in [3.63, 3.8) is 0 Å². The molecule has 3 rings (SSSR count). The molecule has 2 saturated carbocycles. The summed E-state index contributed by atoms with van der Waals surface area (Å²) in [5.41, 5.74) is 7.23. The first-order valence-electron chi connectivity index (χ1n) is 7.12. The summed E-state index contributed by atoms with van der Waals surface area (Å²) in [7, 11) is 0. The van der Waals surface area contributed by atoms with Gasteiger partial charge < -0.3 is 5.73 Å². The Bertz CT molecular complexity index is 365. The number of aromatic nitrogens is 2. The average Bonchev–Trinajstić information content (AvgIpc) is 2.84. The third-order valence-electron chi connectivity index (χ3n) is 4.56. The molecule has 0 aromatic carbocycles. The van der Waals surface area contributed by atoms with Gasteiger partial charge in [-0.25, -0.2) is 0 Å². The standard InChI is InChI=1S/C14H23N3/c15-14-7-6-11(14)10-12-8-9-17(16-12)13-4-2-1-3-5-13/h8-9,11,13-14H,1-7,10,15H2. The minimum Gasteiger partial charge on any atom is -0.327 e. The summed E-state index contributed by atoms with van der Waals surface area (Å²) in [6.07, 6.45) is 12.5. The molecule has 0 amide bonds. The zero-order chi connectivity index (χ0) is 11.7. The van der Waals surface area contributed by atoms with Gasteiger partial charge >= 0.3 is 0 Å². The van der Waals surface area contributed by atoms with E-state index in [-0.39, 0.29) is 0 Å². The van der Waals surface area contributed by atoms with Gasteiger partial charge in [0.05, 0.1) is 11.7 Å². The molecule has 2 fully saturated rings. The van der Waals surface area contributed by atoms with Gasteiger partial charge in [0.2, 0.25) is 0 Å². The first-order valence-corrected chi connectivity index (χ1v) is 7.12. The number of nitrogens with two attached hydrogens (primary N) is 1. The Hall–Kier alpha value is -0.830. The van der Waals surface area contributed by atoms with Crippen LogP contribution in [0.25, 0.3) is 0 Å². The second kappa shape index (κ2) is 4.81. The molecule has 0 aliphatic heterocycles. The molecule has 0 bridgehead atoms. The van der Waals surface area contributed by atoms with Crippen molar-refractivity contribution >= 4 is 0 Å². The van der Waals surface area contributed by atoms with Crippen LogP contribution in [0, 0.1) is 5.92 Å². The van der Waals surface area contributed by atoms with Crippen LogP contribution in [0.2, 0.25) is 0 Å². The van der Waals surface area contributed by atoms with Crippen LogP contribution in [0.15, 0.2) is 12.3 Å². The molecule has 2 aliphatic rings. The Morgan fingerprint density at radius 3 is 2.65 bits per heavy atom. The third-order valence-corrected chi connectivity index (χ3v) is 4.56. The van der Waals surface area contributed by atoms with Gasteiger partial charge in [0.25, 0.3) is 0 Å². The van der Waals surface area contributed by atoms with Crippen molar-refractivity contribution in [1.29, 1.82) is 0 Å². The maximum absolute atomic E-state index is 5.99. The Kier molecular flexibility index (Phi) is 3.19. The highest BCUT2D eigenvalue weighted by molar-refractivity contribution is 5.04. The molecule has 1 aromatic rings. The van der Waals surface area contributed by atoms with Crippen LogP contribution < -0.4 is 5.73 Å². The van der Waals surface area contributed by atoms with Crippen molar-refractivity contribution in [2.75, 3.05) is 0 Å². The maximum Gasteiger partial charge on any atom is 0.0628 e. The molecule has 1 heterocycles. The molecular weight excluding hydrogens is 210 g/mol. The van der Waals surface area contributed by atoms with Gasteiger partial charge in [-0.1, -0.05) is 19.3 Å². The summed E-state index contributed by atoms with van der Waals surface area (Å²) in [6, 6.07) is 3.28. The molecule has 0 radical (unpaired) electrons. The van der Waals surface area contributed by atoms with Crippen LogP contribution >= 0.6 is 0 Å². The van der Waals surface area contributed by atoms with Crippen molar-refractivity contribution in [2.24, 2.45) is 11.7 Å². The van der Waals surface area contributed by atoms with Crippen molar-refractivity contribution in [3.05, 3.63) is 18.0 Å². The summed E-state index contributed by atoms with van der Waals surface area (Å²) in [6.45, 7) is 0. The van der Waals surface area contributed by atoms with Gasteiger partial charge in [-0.3, -0.25) is 4.68 Å². The van der Waals surface area contributed by atoms with Gasteiger partial charge in [0.15, 0.2) is 0 Å². The normalized spacial score (nSPS) is 30.2. The first-order chi connectivity index (χ1) is 8.33. The molecule has 2 N–H and O–H groups in total. The lowest BCUT2D eigenvalue weighted by Crippen LogP contribution is -2.40. The largest absolute Gasteiger partial charge is 0.327 e. The average molecular weight is 233 g/mol. The highest BCUT2D eigenvalue weighted by atomic mass is 15.3. The lowest BCUT2D eigenvalue weighted by atomic mass is 9.77. The summed E-state index contributed by atoms with van der Waals surface area (Å²) in [5.74, 6) is 0.685. The monoisotopic (exact) mass is 233 g/mol. The van der Waals surface area contributed by atoms with E-state index in [1.165, 1.54) is 50.6 Å². The van der Waals surface area contributed by atoms with E-state index in [0.717, 1.165) is 6.42 Å². The second-order valence-corrected chi connectivity index (χ2v) is 5.78. The molecule has 2 unspecified atom stereocenters. The quantitative estimate of drug-likeness (QED) is 0.872. The topological polar surface area (TPSA) is 43.8 Å². The Morgan fingerprint density at radius 1 is 1.18 bits per heavy atom. The Balaban J connectivity index is 1.61. The molecule has 2 aliphatic carbocycles. The van der Waals surface area contributed by atoms with E-state index in [1.807, 2.05) is 0 Å². The lowest BCUT2D eigenvalue weighted by molar-refractivity contribution is 0.252. The highest BCUT2D eigenvalue weighted by Crippen LogP contribution is 2.30. The SMILES string of the molecule is NC1CCC1Cc1ccn(C2CCCCC2)n1. The minimum absolute atomic E-state index is 0.426. The fourth-order valence-electron chi connectivity index (χ4n) is 3.15. The lowest BCUT2D eigenvalue weighted by Gasteiger charge is -2.33. The zero-order valence-electron chi connectivity index (χ0n) is 10.5. The van der Waals surface area contributed by atoms with Gasteiger partial charge in [0, 0.05) is 12.2 Å². The molecule has 0 saturated heterocycles. The molecule has 94 valence electrons. The van der Waals surface area contributed by atoms with E-state index in [1.54, 1.807) is 0 Å². The Morgan fingerprint density at radius 2 is 2.00 bits per heavy atom. The number of nitrogens with zero attached hydrogens (tertiary/aromatic N) is 2. The molecule has 3 heteroatoms. The van der Waals surface area contributed by atoms with Crippen LogP contribution in [0.3, 0.4) is 0 Å². The summed E-state index contributed by atoms with van der Waals surface area (Å²) in [5, 5.41) is 4.75. The molecule has 1 aromatic heterocycles. The smallest absolute Gasteiger partial charge is 0.0628 e. The van der Waals surface area contributed by atoms with E-state index >= 15 is 0 Å². The van der Waals surface area contributed by atoms with Crippen molar-refractivity contribution in [2.45, 2.75) is 63.5 Å². The van der Waals surface area contributed by atoms with E-state index < -0.39 is 0 Å². The summed E-state index contributed by atoms with van der Waals surface area (Å²) in [4.78, 5) is 0. The second-order valence-electron chi connectivity index (χ2n) is 5.78. The summed E-state index contributed by atoms with van der Waals surface area (Å²) < 4.78 is 2.21. The Labute approximate surface area is 103 Å². The van der Waals surface area contributed by atoms with Gasteiger partial charge in [0.1, 0.15) is 0 Å². The van der Waals surface area contributed by atoms with Crippen molar-refractivity contribution in [1.82, 2.24) is 9.78 Å². The van der Waals surface area contributed by atoms with Crippen LogP contribution in [-0.2, 0) is 6.42 Å². The molecular formula is C14H23N3. The van der Waals surface area contributed by atoms with E-state index in [4.69, 9.17) is 10.8 Å². The van der Waals surface area contributed by atoms with Crippen LogP contribution in [0.4, 0.5) is 0 Å². The van der Waals surface area contributed by atoms with Crippen LogP contribution in [0.1, 0.15) is 56.7 Å². The molecule has 17 heavy (non-hydrogen) atoms. The predicted octanol–water partition coefficient (Wildman–Crippen LogP) is 2.67. The number of hydrogen-bond acceptors (Lipinski definition) is 2. The first kappa shape index (κ1) is 11.3. The summed E-state index contributed by atoms with van der Waals surface area (Å²) >= 11 is 0. The van der Waals surface area contributed by atoms with Crippen LogP contribution in [-0.4, -0.2) is 15.8 Å². The fraction of sp³-hybridized carbons (Fsp3) is 0.786. The predicted molar refractivity (Wildman–Crippen MR) is 68.8 cm³/mol. The number of hydrogen-bond donors (Lipinski definition) is 1. The van der Waals surface area contributed by atoms with E-state index in [9.17, 15) is 0 Å². The van der Waals surface area contributed by atoms with E-state index in [0.29, 0.717) is 18.0 Å². The van der Waals surface area contributed by atoms with Crippen molar-refractivity contribution in [3.8, 4) is 0 Å². The third kappa shape index (κ3) is 2.39. The number of rotatable bonds is 3. The molecule has 2 atom stereocenters. The molecule has 3 nitrogen and oxygen atoms in total.